The second-order valence-corrected chi connectivity index (χ2v) is 7.58. The number of hydrazine groups is 1. The van der Waals surface area contributed by atoms with Gasteiger partial charge in [0, 0.05) is 17.7 Å². The first-order valence-corrected chi connectivity index (χ1v) is 9.34. The Bertz CT molecular complexity index is 897. The molecule has 1 heterocycles. The lowest BCUT2D eigenvalue weighted by atomic mass is 10.2. The lowest BCUT2D eigenvalue weighted by Gasteiger charge is -2.17. The van der Waals surface area contributed by atoms with Crippen molar-refractivity contribution in [3.8, 4) is 0 Å². The molecule has 2 N–H and O–H groups in total. The van der Waals surface area contributed by atoms with Crippen LogP contribution in [-0.4, -0.2) is 32.5 Å². The molecule has 0 bridgehead atoms. The molecule has 8 heteroatoms. The molecule has 0 saturated carbocycles. The van der Waals surface area contributed by atoms with E-state index in [2.05, 4.69) is 10.9 Å². The van der Waals surface area contributed by atoms with Crippen LogP contribution in [0.3, 0.4) is 0 Å². The van der Waals surface area contributed by atoms with Gasteiger partial charge < -0.3 is 0 Å². The standard InChI is InChI=1S/C17H17N3O4S/c21-16(13-6-2-1-3-7-13)18-19-17(22)14-8-4-9-15(12-14)20-10-5-11-25(20,23)24/h1-4,6-9,12H,5,10-11H2,(H,18,21)(H,19,22). The first kappa shape index (κ1) is 17.0. The van der Waals surface area contributed by atoms with E-state index in [1.54, 1.807) is 48.5 Å². The van der Waals surface area contributed by atoms with Crippen LogP contribution in [0.2, 0.25) is 0 Å². The molecule has 0 aromatic heterocycles. The van der Waals surface area contributed by atoms with E-state index >= 15 is 0 Å². The number of hydrogen-bond donors (Lipinski definition) is 2. The smallest absolute Gasteiger partial charge is 0.269 e. The van der Waals surface area contributed by atoms with Crippen molar-refractivity contribution >= 4 is 27.5 Å². The Balaban J connectivity index is 1.69. The lowest BCUT2D eigenvalue weighted by Crippen LogP contribution is -2.41. The molecule has 0 aliphatic carbocycles. The van der Waals surface area contributed by atoms with Crippen molar-refractivity contribution in [3.05, 3.63) is 65.7 Å². The number of sulfonamides is 1. The Hall–Kier alpha value is -2.87. The quantitative estimate of drug-likeness (QED) is 0.808. The van der Waals surface area contributed by atoms with Gasteiger partial charge in [0.2, 0.25) is 10.0 Å². The van der Waals surface area contributed by atoms with Crippen LogP contribution in [0.4, 0.5) is 5.69 Å². The van der Waals surface area contributed by atoms with Crippen LogP contribution >= 0.6 is 0 Å². The molecule has 0 atom stereocenters. The van der Waals surface area contributed by atoms with Gasteiger partial charge in [0.25, 0.3) is 11.8 Å². The fourth-order valence-corrected chi connectivity index (χ4v) is 4.14. The Morgan fingerprint density at radius 3 is 2.16 bits per heavy atom. The maximum absolute atomic E-state index is 12.2. The van der Waals surface area contributed by atoms with E-state index in [1.165, 1.54) is 10.4 Å². The van der Waals surface area contributed by atoms with Gasteiger partial charge in [-0.25, -0.2) is 8.42 Å². The van der Waals surface area contributed by atoms with Crippen molar-refractivity contribution < 1.29 is 18.0 Å². The monoisotopic (exact) mass is 359 g/mol. The average Bonchev–Trinajstić information content (AvgIpc) is 2.99. The highest BCUT2D eigenvalue weighted by Crippen LogP contribution is 2.24. The molecule has 2 amide bonds. The summed E-state index contributed by atoms with van der Waals surface area (Å²) in [6.07, 6.45) is 0.561. The molecule has 1 aliphatic rings. The van der Waals surface area contributed by atoms with Crippen LogP contribution in [0.15, 0.2) is 54.6 Å². The molecule has 2 aromatic rings. The molecular weight excluding hydrogens is 342 g/mol. The van der Waals surface area contributed by atoms with Gasteiger partial charge in [-0.1, -0.05) is 24.3 Å². The summed E-state index contributed by atoms with van der Waals surface area (Å²) in [7, 11) is -3.31. The second-order valence-electron chi connectivity index (χ2n) is 5.57. The number of amides is 2. The number of carbonyl (C=O) groups excluding carboxylic acids is 2. The van der Waals surface area contributed by atoms with E-state index < -0.39 is 21.8 Å². The minimum absolute atomic E-state index is 0.108. The number of carbonyl (C=O) groups is 2. The first-order chi connectivity index (χ1) is 12.0. The highest BCUT2D eigenvalue weighted by Gasteiger charge is 2.28. The number of nitrogens with zero attached hydrogens (tertiary/aromatic N) is 1. The van der Waals surface area contributed by atoms with Gasteiger partial charge in [0.15, 0.2) is 0 Å². The lowest BCUT2D eigenvalue weighted by molar-refractivity contribution is 0.0846. The topological polar surface area (TPSA) is 95.6 Å². The van der Waals surface area contributed by atoms with Gasteiger partial charge in [-0.15, -0.1) is 0 Å². The molecule has 130 valence electrons. The number of anilines is 1. The van der Waals surface area contributed by atoms with Crippen LogP contribution in [0.5, 0.6) is 0 Å². The van der Waals surface area contributed by atoms with Crippen LogP contribution in [0.25, 0.3) is 0 Å². The third-order valence-corrected chi connectivity index (χ3v) is 5.69. The van der Waals surface area contributed by atoms with Crippen molar-refractivity contribution in [3.63, 3.8) is 0 Å². The summed E-state index contributed by atoms with van der Waals surface area (Å²) in [5.74, 6) is -0.855. The van der Waals surface area contributed by atoms with Crippen LogP contribution in [0, 0.1) is 0 Å². The Labute approximate surface area is 145 Å². The van der Waals surface area contributed by atoms with Gasteiger partial charge in [-0.2, -0.15) is 0 Å². The zero-order chi connectivity index (χ0) is 17.9. The average molecular weight is 359 g/mol. The van der Waals surface area contributed by atoms with Crippen molar-refractivity contribution in [2.75, 3.05) is 16.6 Å². The SMILES string of the molecule is O=C(NNC(=O)c1cccc(N2CCCS2(=O)=O)c1)c1ccccc1. The van der Waals surface area contributed by atoms with Crippen LogP contribution in [-0.2, 0) is 10.0 Å². The highest BCUT2D eigenvalue weighted by atomic mass is 32.2. The maximum Gasteiger partial charge on any atom is 0.269 e. The summed E-state index contributed by atoms with van der Waals surface area (Å²) in [6, 6.07) is 14.8. The van der Waals surface area contributed by atoms with Crippen molar-refractivity contribution in [1.29, 1.82) is 0 Å². The van der Waals surface area contributed by atoms with Crippen LogP contribution < -0.4 is 15.2 Å². The van der Waals surface area contributed by atoms with E-state index in [4.69, 9.17) is 0 Å². The second kappa shape index (κ2) is 6.94. The molecule has 1 saturated heterocycles. The third kappa shape index (κ3) is 3.80. The summed E-state index contributed by atoms with van der Waals surface area (Å²) in [5.41, 5.74) is 5.78. The van der Waals surface area contributed by atoms with Gasteiger partial charge in [-0.3, -0.25) is 24.7 Å². The fraction of sp³-hybridized carbons (Fsp3) is 0.176. The normalized spacial score (nSPS) is 15.6. The Morgan fingerprint density at radius 1 is 0.880 bits per heavy atom. The summed E-state index contributed by atoms with van der Waals surface area (Å²) in [5, 5.41) is 0. The maximum atomic E-state index is 12.2. The summed E-state index contributed by atoms with van der Waals surface area (Å²) >= 11 is 0. The van der Waals surface area contributed by atoms with E-state index in [-0.39, 0.29) is 11.3 Å². The van der Waals surface area contributed by atoms with Gasteiger partial charge >= 0.3 is 0 Å². The first-order valence-electron chi connectivity index (χ1n) is 7.73. The van der Waals surface area contributed by atoms with Crippen molar-refractivity contribution in [1.82, 2.24) is 10.9 Å². The summed E-state index contributed by atoms with van der Waals surface area (Å²) in [4.78, 5) is 24.1. The molecule has 0 radical (unpaired) electrons. The third-order valence-electron chi connectivity index (χ3n) is 3.82. The minimum atomic E-state index is -3.31. The van der Waals surface area contributed by atoms with Gasteiger partial charge in [0.05, 0.1) is 11.4 Å². The van der Waals surface area contributed by atoms with Crippen molar-refractivity contribution in [2.45, 2.75) is 6.42 Å². The Morgan fingerprint density at radius 2 is 1.52 bits per heavy atom. The zero-order valence-electron chi connectivity index (χ0n) is 13.3. The number of benzene rings is 2. The molecule has 3 rings (SSSR count). The number of rotatable bonds is 3. The molecular formula is C17H17N3O4S. The predicted molar refractivity (Wildman–Crippen MR) is 93.6 cm³/mol. The van der Waals surface area contributed by atoms with E-state index in [9.17, 15) is 18.0 Å². The van der Waals surface area contributed by atoms with Crippen LogP contribution in [0.1, 0.15) is 27.1 Å². The van der Waals surface area contributed by atoms with Crippen molar-refractivity contribution in [2.24, 2.45) is 0 Å². The van der Waals surface area contributed by atoms with Gasteiger partial charge in [-0.05, 0) is 36.8 Å². The molecule has 7 nitrogen and oxygen atoms in total. The summed E-state index contributed by atoms with van der Waals surface area (Å²) in [6.45, 7) is 0.401. The molecule has 2 aromatic carbocycles. The molecule has 0 unspecified atom stereocenters. The van der Waals surface area contributed by atoms with E-state index in [1.807, 2.05) is 0 Å². The zero-order valence-corrected chi connectivity index (χ0v) is 14.1. The highest BCUT2D eigenvalue weighted by molar-refractivity contribution is 7.93. The number of hydrogen-bond acceptors (Lipinski definition) is 4. The largest absolute Gasteiger partial charge is 0.270 e. The molecule has 1 aliphatic heterocycles. The molecule has 1 fully saturated rings. The van der Waals surface area contributed by atoms with E-state index in [0.29, 0.717) is 24.2 Å². The number of nitrogens with one attached hydrogen (secondary N) is 2. The Kier molecular flexibility index (Phi) is 4.71. The molecule has 0 spiro atoms. The summed E-state index contributed by atoms with van der Waals surface area (Å²) < 4.78 is 25.3. The van der Waals surface area contributed by atoms with E-state index in [0.717, 1.165) is 0 Å². The fourth-order valence-electron chi connectivity index (χ4n) is 2.58. The van der Waals surface area contributed by atoms with Gasteiger partial charge in [0.1, 0.15) is 0 Å². The molecule has 25 heavy (non-hydrogen) atoms. The minimum Gasteiger partial charge on any atom is -0.270 e. The predicted octanol–water partition coefficient (Wildman–Crippen LogP) is 1.30.